The fourth-order valence-corrected chi connectivity index (χ4v) is 4.81. The highest BCUT2D eigenvalue weighted by Crippen LogP contribution is 2.33. The molecular weight excluding hydrogens is 504 g/mol. The SMILES string of the molecule is COc1cc2c(cc1OC)CN(CCCNS(=O)(=O)c1ccc(F)cc1OC(F)(F)F)CC2.Cl. The molecule has 1 aliphatic rings. The van der Waals surface area contributed by atoms with Crippen LogP contribution >= 0.6 is 12.4 Å². The molecule has 1 N–H and O–H groups in total. The molecule has 2 aromatic rings. The van der Waals surface area contributed by atoms with Crippen LogP contribution in [0.2, 0.25) is 0 Å². The van der Waals surface area contributed by atoms with Crippen molar-refractivity contribution in [2.75, 3.05) is 33.9 Å². The van der Waals surface area contributed by atoms with Gasteiger partial charge < -0.3 is 14.2 Å². The summed E-state index contributed by atoms with van der Waals surface area (Å²) in [5.41, 5.74) is 2.23. The molecule has 0 saturated heterocycles. The van der Waals surface area contributed by atoms with Crippen LogP contribution < -0.4 is 18.9 Å². The van der Waals surface area contributed by atoms with Gasteiger partial charge in [-0.1, -0.05) is 0 Å². The molecular formula is C21H25ClF4N2O5S. The number of ether oxygens (including phenoxy) is 3. The molecule has 190 valence electrons. The fraction of sp³-hybridized carbons (Fsp3) is 0.429. The Bertz CT molecular complexity index is 1100. The number of fused-ring (bicyclic) bond motifs is 1. The lowest BCUT2D eigenvalue weighted by atomic mass is 9.98. The third-order valence-electron chi connectivity index (χ3n) is 5.16. The van der Waals surface area contributed by atoms with Gasteiger partial charge in [0.15, 0.2) is 17.2 Å². The lowest BCUT2D eigenvalue weighted by molar-refractivity contribution is -0.275. The van der Waals surface area contributed by atoms with Gasteiger partial charge in [-0.15, -0.1) is 25.6 Å². The topological polar surface area (TPSA) is 77.1 Å². The van der Waals surface area contributed by atoms with Gasteiger partial charge in [-0.2, -0.15) is 0 Å². The minimum Gasteiger partial charge on any atom is -0.493 e. The van der Waals surface area contributed by atoms with E-state index >= 15 is 0 Å². The summed E-state index contributed by atoms with van der Waals surface area (Å²) >= 11 is 0. The Morgan fingerprint density at radius 1 is 1.03 bits per heavy atom. The maximum absolute atomic E-state index is 13.3. The molecule has 1 aliphatic heterocycles. The summed E-state index contributed by atoms with van der Waals surface area (Å²) in [5, 5.41) is 0. The lowest BCUT2D eigenvalue weighted by Crippen LogP contribution is -2.34. The molecule has 0 bridgehead atoms. The average Bonchev–Trinajstić information content (AvgIpc) is 2.74. The Morgan fingerprint density at radius 3 is 2.29 bits per heavy atom. The van der Waals surface area contributed by atoms with Gasteiger partial charge in [0.2, 0.25) is 10.0 Å². The number of hydrogen-bond acceptors (Lipinski definition) is 6. The van der Waals surface area contributed by atoms with E-state index in [1.807, 2.05) is 12.1 Å². The number of alkyl halides is 3. The maximum atomic E-state index is 13.3. The zero-order valence-corrected chi connectivity index (χ0v) is 20.1. The van der Waals surface area contributed by atoms with Gasteiger partial charge in [0.25, 0.3) is 0 Å². The summed E-state index contributed by atoms with van der Waals surface area (Å²) in [6.45, 7) is 1.95. The summed E-state index contributed by atoms with van der Waals surface area (Å²) in [6, 6.07) is 5.74. The van der Waals surface area contributed by atoms with Gasteiger partial charge in [0.1, 0.15) is 10.7 Å². The van der Waals surface area contributed by atoms with Crippen molar-refractivity contribution in [1.29, 1.82) is 0 Å². The smallest absolute Gasteiger partial charge is 0.493 e. The molecule has 2 aromatic carbocycles. The molecule has 0 spiro atoms. The Morgan fingerprint density at radius 2 is 1.68 bits per heavy atom. The van der Waals surface area contributed by atoms with Crippen LogP contribution in [0.5, 0.6) is 17.2 Å². The van der Waals surface area contributed by atoms with Gasteiger partial charge >= 0.3 is 6.36 Å². The molecule has 7 nitrogen and oxygen atoms in total. The summed E-state index contributed by atoms with van der Waals surface area (Å²) in [5.74, 6) is -0.879. The number of sulfonamides is 1. The van der Waals surface area contributed by atoms with E-state index in [4.69, 9.17) is 9.47 Å². The number of hydrogen-bond donors (Lipinski definition) is 1. The van der Waals surface area contributed by atoms with E-state index in [1.54, 1.807) is 14.2 Å². The molecule has 0 radical (unpaired) electrons. The molecule has 0 amide bonds. The summed E-state index contributed by atoms with van der Waals surface area (Å²) in [7, 11) is -1.21. The van der Waals surface area contributed by atoms with Crippen molar-refractivity contribution in [3.05, 3.63) is 47.3 Å². The minimum absolute atomic E-state index is 0. The van der Waals surface area contributed by atoms with Crippen molar-refractivity contribution >= 4 is 22.4 Å². The standard InChI is InChI=1S/C21H24F4N2O5S.ClH/c1-30-17-10-14-6-9-27(13-15(14)11-18(17)31-2)8-3-7-26-33(28,29)20-5-4-16(22)12-19(20)32-21(23,24)25;/h4-5,10-12,26H,3,6-9,13H2,1-2H3;1H. The number of nitrogens with one attached hydrogen (secondary N) is 1. The average molecular weight is 529 g/mol. The van der Waals surface area contributed by atoms with Gasteiger partial charge in [-0.3, -0.25) is 4.90 Å². The number of benzene rings is 2. The molecule has 13 heteroatoms. The lowest BCUT2D eigenvalue weighted by Gasteiger charge is -2.29. The van der Waals surface area contributed by atoms with Crippen molar-refractivity contribution in [3.8, 4) is 17.2 Å². The van der Waals surface area contributed by atoms with Gasteiger partial charge in [-0.05, 0) is 54.8 Å². The predicted octanol–water partition coefficient (Wildman–Crippen LogP) is 3.89. The van der Waals surface area contributed by atoms with E-state index in [2.05, 4.69) is 14.4 Å². The van der Waals surface area contributed by atoms with Crippen LogP contribution in [0.25, 0.3) is 0 Å². The van der Waals surface area contributed by atoms with Crippen LogP contribution in [-0.2, 0) is 23.0 Å². The van der Waals surface area contributed by atoms with E-state index in [0.29, 0.717) is 37.1 Å². The Labute approximate surface area is 201 Å². The van der Waals surface area contributed by atoms with Gasteiger partial charge in [-0.25, -0.2) is 17.5 Å². The highest BCUT2D eigenvalue weighted by Gasteiger charge is 2.34. The van der Waals surface area contributed by atoms with Crippen LogP contribution in [0.3, 0.4) is 0 Å². The summed E-state index contributed by atoms with van der Waals surface area (Å²) in [4.78, 5) is 1.35. The van der Waals surface area contributed by atoms with Crippen LogP contribution in [0.4, 0.5) is 17.6 Å². The molecule has 34 heavy (non-hydrogen) atoms. The van der Waals surface area contributed by atoms with Gasteiger partial charge in [0.05, 0.1) is 14.2 Å². The number of rotatable bonds is 9. The predicted molar refractivity (Wildman–Crippen MR) is 119 cm³/mol. The largest absolute Gasteiger partial charge is 0.573 e. The molecule has 0 aliphatic carbocycles. The van der Waals surface area contributed by atoms with Crippen LogP contribution in [-0.4, -0.2) is 53.5 Å². The van der Waals surface area contributed by atoms with E-state index in [0.717, 1.165) is 36.2 Å². The number of nitrogens with zero attached hydrogens (tertiary/aromatic N) is 1. The summed E-state index contributed by atoms with van der Waals surface area (Å²) in [6.07, 6.45) is -3.96. The molecule has 3 rings (SSSR count). The third kappa shape index (κ3) is 7.11. The summed E-state index contributed by atoms with van der Waals surface area (Å²) < 4.78 is 92.6. The number of halogens is 5. The second-order valence-corrected chi connectivity index (χ2v) is 9.13. The second-order valence-electron chi connectivity index (χ2n) is 7.39. The molecule has 1 heterocycles. The van der Waals surface area contributed by atoms with E-state index in [9.17, 15) is 26.0 Å². The van der Waals surface area contributed by atoms with Crippen LogP contribution in [0.1, 0.15) is 17.5 Å². The van der Waals surface area contributed by atoms with Crippen molar-refractivity contribution in [2.24, 2.45) is 0 Å². The first-order chi connectivity index (χ1) is 15.5. The Balaban J connectivity index is 0.00000408. The van der Waals surface area contributed by atoms with E-state index in [-0.39, 0.29) is 19.0 Å². The van der Waals surface area contributed by atoms with E-state index in [1.165, 1.54) is 0 Å². The van der Waals surface area contributed by atoms with Crippen molar-refractivity contribution in [2.45, 2.75) is 30.6 Å². The Hall–Kier alpha value is -2.28. The zero-order chi connectivity index (χ0) is 24.2. The minimum atomic E-state index is -5.16. The normalized spacial score (nSPS) is 14.2. The van der Waals surface area contributed by atoms with Gasteiger partial charge in [0, 0.05) is 25.7 Å². The molecule has 0 aromatic heterocycles. The highest BCUT2D eigenvalue weighted by molar-refractivity contribution is 7.89. The first-order valence-electron chi connectivity index (χ1n) is 10.0. The van der Waals surface area contributed by atoms with Crippen LogP contribution in [0, 0.1) is 5.82 Å². The molecule has 0 unspecified atom stereocenters. The molecule has 0 saturated carbocycles. The monoisotopic (exact) mass is 528 g/mol. The highest BCUT2D eigenvalue weighted by atomic mass is 35.5. The molecule has 0 fully saturated rings. The quantitative estimate of drug-likeness (QED) is 0.393. The van der Waals surface area contributed by atoms with Crippen molar-refractivity contribution in [1.82, 2.24) is 9.62 Å². The maximum Gasteiger partial charge on any atom is 0.573 e. The first kappa shape index (κ1) is 28.0. The second kappa shape index (κ2) is 11.4. The zero-order valence-electron chi connectivity index (χ0n) is 18.4. The molecule has 0 atom stereocenters. The van der Waals surface area contributed by atoms with Crippen molar-refractivity contribution in [3.63, 3.8) is 0 Å². The van der Waals surface area contributed by atoms with Crippen molar-refractivity contribution < 1.29 is 40.2 Å². The van der Waals surface area contributed by atoms with E-state index < -0.39 is 32.8 Å². The first-order valence-corrected chi connectivity index (χ1v) is 11.5. The fourth-order valence-electron chi connectivity index (χ4n) is 3.63. The number of methoxy groups -OCH3 is 2. The third-order valence-corrected chi connectivity index (χ3v) is 6.66. The van der Waals surface area contributed by atoms with Crippen LogP contribution in [0.15, 0.2) is 35.2 Å². The Kier molecular flexibility index (Phi) is 9.40.